The van der Waals surface area contributed by atoms with E-state index in [0.717, 1.165) is 16.6 Å². The molecule has 5 nitrogen and oxygen atoms in total. The van der Waals surface area contributed by atoms with Crippen LogP contribution in [0.4, 0.5) is 0 Å². The van der Waals surface area contributed by atoms with Crippen molar-refractivity contribution in [3.8, 4) is 5.75 Å². The van der Waals surface area contributed by atoms with E-state index >= 15 is 0 Å². The number of hydroxylamine groups is 1. The molecule has 0 amide bonds. The average Bonchev–Trinajstić information content (AvgIpc) is 2.53. The van der Waals surface area contributed by atoms with E-state index in [1.54, 1.807) is 12.3 Å². The Morgan fingerprint density at radius 1 is 1.14 bits per heavy atom. The lowest BCUT2D eigenvalue weighted by Gasteiger charge is -2.11. The first-order chi connectivity index (χ1) is 6.83. The third-order valence-corrected chi connectivity index (χ3v) is 2.15. The van der Waals surface area contributed by atoms with Crippen LogP contribution in [-0.2, 0) is 0 Å². The van der Waals surface area contributed by atoms with Crippen molar-refractivity contribution in [2.45, 2.75) is 0 Å². The van der Waals surface area contributed by atoms with Gasteiger partial charge in [0.15, 0.2) is 5.75 Å². The highest BCUT2D eigenvalue weighted by Crippen LogP contribution is 2.25. The second-order valence-corrected chi connectivity index (χ2v) is 3.07. The van der Waals surface area contributed by atoms with Crippen molar-refractivity contribution in [1.82, 2.24) is 15.4 Å². The number of hydrogen-bond donors (Lipinski definition) is 3. The van der Waals surface area contributed by atoms with Crippen LogP contribution >= 0.6 is 0 Å². The minimum atomic E-state index is -0.209. The van der Waals surface area contributed by atoms with Crippen molar-refractivity contribution in [1.29, 1.82) is 0 Å². The van der Waals surface area contributed by atoms with Crippen LogP contribution in [0.3, 0.4) is 0 Å². The van der Waals surface area contributed by atoms with Crippen LogP contribution in [0.25, 0.3) is 17.1 Å². The molecule has 5 heteroatoms. The fourth-order valence-corrected chi connectivity index (χ4v) is 1.52. The summed E-state index contributed by atoms with van der Waals surface area (Å²) in [5.41, 5.74) is 4.88. The fourth-order valence-electron chi connectivity index (χ4n) is 1.52. The Kier molecular flexibility index (Phi) is 1.25. The van der Waals surface area contributed by atoms with Gasteiger partial charge in [0, 0.05) is 17.8 Å². The summed E-state index contributed by atoms with van der Waals surface area (Å²) < 4.78 is 0. The molecule has 0 atom stereocenters. The molecule has 2 heterocycles. The van der Waals surface area contributed by atoms with Crippen LogP contribution < -0.4 is 16.0 Å². The van der Waals surface area contributed by atoms with Gasteiger partial charge in [-0.3, -0.25) is 0 Å². The summed E-state index contributed by atoms with van der Waals surface area (Å²) in [7, 11) is 0. The molecule has 0 fully saturated rings. The van der Waals surface area contributed by atoms with Gasteiger partial charge in [-0.15, -0.1) is 0 Å². The summed E-state index contributed by atoms with van der Waals surface area (Å²) in [4.78, 5) is 21.5. The molecule has 1 aromatic heterocycles. The molecule has 0 aliphatic carbocycles. The van der Waals surface area contributed by atoms with Crippen LogP contribution in [0, 0.1) is 0 Å². The van der Waals surface area contributed by atoms with Crippen LogP contribution in [0.1, 0.15) is 5.56 Å². The number of imidazole rings is 1. The molecule has 0 unspecified atom stereocenters. The van der Waals surface area contributed by atoms with E-state index in [9.17, 15) is 4.79 Å². The minimum absolute atomic E-state index is 0.209. The number of rotatable bonds is 0. The number of hydrogen-bond acceptors (Lipinski definition) is 3. The third-order valence-electron chi connectivity index (χ3n) is 2.15. The van der Waals surface area contributed by atoms with E-state index in [1.807, 2.05) is 12.1 Å². The highest BCUT2D eigenvalue weighted by Gasteiger charge is 2.08. The smallest absolute Gasteiger partial charge is 0.323 e. The van der Waals surface area contributed by atoms with Gasteiger partial charge in [-0.25, -0.2) is 10.3 Å². The number of H-pyrrole nitrogens is 2. The van der Waals surface area contributed by atoms with Gasteiger partial charge in [0.1, 0.15) is 0 Å². The van der Waals surface area contributed by atoms with Gasteiger partial charge >= 0.3 is 5.69 Å². The van der Waals surface area contributed by atoms with Crippen molar-refractivity contribution in [3.63, 3.8) is 0 Å². The second kappa shape index (κ2) is 2.41. The first kappa shape index (κ1) is 7.25. The quantitative estimate of drug-likeness (QED) is 0.572. The lowest BCUT2D eigenvalue weighted by molar-refractivity contribution is 0.239. The Morgan fingerprint density at radius 2 is 1.93 bits per heavy atom. The van der Waals surface area contributed by atoms with Crippen molar-refractivity contribution in [3.05, 3.63) is 34.4 Å². The maximum Gasteiger partial charge on any atom is 0.323 e. The van der Waals surface area contributed by atoms with E-state index < -0.39 is 0 Å². The standard InChI is InChI=1S/C9H7N3O2/c13-9-11-6-3-5-1-2-10-14-8(5)4-7(6)12-9/h1-4,10H,(H2,11,12,13). The van der Waals surface area contributed by atoms with Crippen LogP contribution in [-0.4, -0.2) is 9.97 Å². The lowest BCUT2D eigenvalue weighted by Crippen LogP contribution is -2.14. The van der Waals surface area contributed by atoms with Crippen molar-refractivity contribution in [2.75, 3.05) is 0 Å². The van der Waals surface area contributed by atoms with E-state index in [2.05, 4.69) is 15.4 Å². The topological polar surface area (TPSA) is 69.9 Å². The highest BCUT2D eigenvalue weighted by molar-refractivity contribution is 5.81. The molecular formula is C9H7N3O2. The first-order valence-corrected chi connectivity index (χ1v) is 4.18. The largest absolute Gasteiger partial charge is 0.382 e. The highest BCUT2D eigenvalue weighted by atomic mass is 16.6. The lowest BCUT2D eigenvalue weighted by atomic mass is 10.1. The first-order valence-electron chi connectivity index (χ1n) is 4.18. The Labute approximate surface area is 78.4 Å². The zero-order chi connectivity index (χ0) is 9.54. The van der Waals surface area contributed by atoms with Gasteiger partial charge in [-0.05, 0) is 12.1 Å². The van der Waals surface area contributed by atoms with Gasteiger partial charge in [0.25, 0.3) is 0 Å². The maximum absolute atomic E-state index is 11.0. The van der Waals surface area contributed by atoms with E-state index in [4.69, 9.17) is 4.84 Å². The Morgan fingerprint density at radius 3 is 2.79 bits per heavy atom. The molecular weight excluding hydrogens is 182 g/mol. The molecule has 14 heavy (non-hydrogen) atoms. The maximum atomic E-state index is 11.0. The Bertz CT molecular complexity index is 579. The number of nitrogens with one attached hydrogen (secondary N) is 3. The predicted octanol–water partition coefficient (Wildman–Crippen LogP) is 0.724. The van der Waals surface area contributed by atoms with Gasteiger partial charge in [0.2, 0.25) is 0 Å². The van der Waals surface area contributed by atoms with E-state index in [0.29, 0.717) is 5.75 Å². The van der Waals surface area contributed by atoms with Gasteiger partial charge < -0.3 is 14.8 Å². The number of aromatic amines is 2. The van der Waals surface area contributed by atoms with Crippen molar-refractivity contribution in [2.24, 2.45) is 0 Å². The van der Waals surface area contributed by atoms with E-state index in [1.165, 1.54) is 0 Å². The third kappa shape index (κ3) is 0.922. The molecule has 0 radical (unpaired) electrons. The van der Waals surface area contributed by atoms with E-state index in [-0.39, 0.29) is 5.69 Å². The molecule has 1 aromatic carbocycles. The molecule has 1 aliphatic rings. The van der Waals surface area contributed by atoms with Gasteiger partial charge in [-0.1, -0.05) is 0 Å². The molecule has 3 N–H and O–H groups in total. The summed E-state index contributed by atoms with van der Waals surface area (Å²) >= 11 is 0. The average molecular weight is 189 g/mol. The normalized spacial score (nSPS) is 13.4. The molecule has 3 rings (SSSR count). The summed E-state index contributed by atoms with van der Waals surface area (Å²) in [6.45, 7) is 0. The number of benzene rings is 1. The Hall–Kier alpha value is -2.17. The fraction of sp³-hybridized carbons (Fsp3) is 0. The number of fused-ring (bicyclic) bond motifs is 2. The minimum Gasteiger partial charge on any atom is -0.382 e. The molecule has 70 valence electrons. The van der Waals surface area contributed by atoms with Gasteiger partial charge in [0.05, 0.1) is 11.0 Å². The summed E-state index contributed by atoms with van der Waals surface area (Å²) in [6.07, 6.45) is 3.57. The molecule has 1 aliphatic heterocycles. The predicted molar refractivity (Wildman–Crippen MR) is 51.7 cm³/mol. The zero-order valence-electron chi connectivity index (χ0n) is 7.13. The van der Waals surface area contributed by atoms with Crippen molar-refractivity contribution >= 4 is 17.1 Å². The van der Waals surface area contributed by atoms with Crippen LogP contribution in [0.2, 0.25) is 0 Å². The monoisotopic (exact) mass is 189 g/mol. The van der Waals surface area contributed by atoms with Crippen molar-refractivity contribution < 1.29 is 4.84 Å². The molecule has 0 saturated heterocycles. The second-order valence-electron chi connectivity index (χ2n) is 3.07. The molecule has 2 aromatic rings. The SMILES string of the molecule is O=c1[nH]c2cc3c(cc2[nH]1)ONC=C3. The molecule has 0 saturated carbocycles. The summed E-state index contributed by atoms with van der Waals surface area (Å²) in [5.74, 6) is 0.704. The summed E-state index contributed by atoms with van der Waals surface area (Å²) in [5, 5.41) is 0. The number of aromatic nitrogens is 2. The Balaban J connectivity index is 2.38. The van der Waals surface area contributed by atoms with Crippen LogP contribution in [0.5, 0.6) is 5.75 Å². The zero-order valence-corrected chi connectivity index (χ0v) is 7.13. The summed E-state index contributed by atoms with van der Waals surface area (Å²) in [6, 6.07) is 3.64. The molecule has 0 bridgehead atoms. The van der Waals surface area contributed by atoms with Crippen LogP contribution in [0.15, 0.2) is 23.1 Å². The van der Waals surface area contributed by atoms with Gasteiger partial charge in [-0.2, -0.15) is 0 Å². The molecule has 0 spiro atoms.